The number of aliphatic imine (C=N–C) groups is 1. The van der Waals surface area contributed by atoms with E-state index in [1.165, 1.54) is 6.33 Å². The topological polar surface area (TPSA) is 85.6 Å². The van der Waals surface area contributed by atoms with Gasteiger partial charge in [0.1, 0.15) is 25.4 Å². The molecular formula is C21H24N6O2. The second-order valence-electron chi connectivity index (χ2n) is 6.58. The van der Waals surface area contributed by atoms with E-state index < -0.39 is 0 Å². The maximum Gasteiger partial charge on any atom is 0.191 e. The molecule has 29 heavy (non-hydrogen) atoms. The van der Waals surface area contributed by atoms with Crippen molar-refractivity contribution in [2.75, 3.05) is 19.7 Å². The standard InChI is InChI=1S/C21H24N6O2/c1-2-23-21(25-12-18-13-28-19-5-3-4-6-20(19)29-18)24-11-16-7-9-17(10-8-16)27-15-22-14-26-27/h3-10,14-15,18H,2,11-13H2,1H3,(H2,23,24,25). The molecule has 0 aliphatic carbocycles. The third kappa shape index (κ3) is 4.84. The monoisotopic (exact) mass is 392 g/mol. The highest BCUT2D eigenvalue weighted by Crippen LogP contribution is 2.30. The summed E-state index contributed by atoms with van der Waals surface area (Å²) in [5.74, 6) is 2.31. The number of hydrogen-bond acceptors (Lipinski definition) is 5. The second kappa shape index (κ2) is 9.09. The Labute approximate surface area is 169 Å². The van der Waals surface area contributed by atoms with Gasteiger partial charge in [-0.2, -0.15) is 5.10 Å². The number of nitrogens with zero attached hydrogens (tertiary/aromatic N) is 4. The van der Waals surface area contributed by atoms with Crippen LogP contribution in [-0.2, 0) is 6.54 Å². The molecule has 1 aromatic heterocycles. The van der Waals surface area contributed by atoms with Crippen LogP contribution in [0.25, 0.3) is 5.69 Å². The summed E-state index contributed by atoms with van der Waals surface area (Å²) in [6.07, 6.45) is 3.12. The molecule has 2 aromatic carbocycles. The molecule has 0 bridgehead atoms. The summed E-state index contributed by atoms with van der Waals surface area (Å²) in [5.41, 5.74) is 2.08. The fourth-order valence-corrected chi connectivity index (χ4v) is 2.98. The van der Waals surface area contributed by atoms with Gasteiger partial charge >= 0.3 is 0 Å². The van der Waals surface area contributed by atoms with Crippen molar-refractivity contribution < 1.29 is 9.47 Å². The molecule has 1 unspecified atom stereocenters. The molecule has 8 heteroatoms. The van der Waals surface area contributed by atoms with Gasteiger partial charge in [0, 0.05) is 6.54 Å². The predicted octanol–water partition coefficient (Wildman–Crippen LogP) is 2.16. The largest absolute Gasteiger partial charge is 0.486 e. The quantitative estimate of drug-likeness (QED) is 0.494. The Morgan fingerprint density at radius 1 is 1.14 bits per heavy atom. The first-order valence-electron chi connectivity index (χ1n) is 9.66. The van der Waals surface area contributed by atoms with Gasteiger partial charge in [-0.15, -0.1) is 0 Å². The van der Waals surface area contributed by atoms with Crippen molar-refractivity contribution in [2.24, 2.45) is 4.99 Å². The maximum atomic E-state index is 5.99. The molecule has 0 amide bonds. The molecule has 0 radical (unpaired) electrons. The number of guanidine groups is 1. The number of benzene rings is 2. The summed E-state index contributed by atoms with van der Waals surface area (Å²) < 4.78 is 13.5. The van der Waals surface area contributed by atoms with Crippen LogP contribution in [0.15, 0.2) is 66.2 Å². The molecule has 4 rings (SSSR count). The number of ether oxygens (including phenoxy) is 2. The van der Waals surface area contributed by atoms with E-state index in [1.54, 1.807) is 11.0 Å². The molecule has 2 N–H and O–H groups in total. The van der Waals surface area contributed by atoms with E-state index >= 15 is 0 Å². The van der Waals surface area contributed by atoms with Crippen molar-refractivity contribution in [3.63, 3.8) is 0 Å². The Bertz CT molecular complexity index is 940. The predicted molar refractivity (Wildman–Crippen MR) is 111 cm³/mol. The zero-order valence-corrected chi connectivity index (χ0v) is 16.3. The smallest absolute Gasteiger partial charge is 0.191 e. The van der Waals surface area contributed by atoms with E-state index in [4.69, 9.17) is 9.47 Å². The fraction of sp³-hybridized carbons (Fsp3) is 0.286. The minimum absolute atomic E-state index is 0.0734. The Morgan fingerprint density at radius 2 is 1.97 bits per heavy atom. The first kappa shape index (κ1) is 18.8. The van der Waals surface area contributed by atoms with Crippen molar-refractivity contribution in [1.82, 2.24) is 25.4 Å². The SMILES string of the molecule is CCNC(=NCc1ccc(-n2cncn2)cc1)NCC1COc2ccccc2O1. The highest BCUT2D eigenvalue weighted by atomic mass is 16.6. The van der Waals surface area contributed by atoms with Gasteiger partial charge in [0.25, 0.3) is 0 Å². The molecule has 0 fully saturated rings. The molecule has 2 heterocycles. The van der Waals surface area contributed by atoms with Gasteiger partial charge in [0.05, 0.1) is 18.8 Å². The average molecular weight is 392 g/mol. The van der Waals surface area contributed by atoms with Gasteiger partial charge in [-0.25, -0.2) is 14.7 Å². The lowest BCUT2D eigenvalue weighted by molar-refractivity contribution is 0.0936. The van der Waals surface area contributed by atoms with E-state index in [0.717, 1.165) is 35.3 Å². The molecule has 0 saturated heterocycles. The average Bonchev–Trinajstić information content (AvgIpc) is 3.31. The summed E-state index contributed by atoms with van der Waals surface area (Å²) >= 11 is 0. The van der Waals surface area contributed by atoms with Crippen molar-refractivity contribution in [1.29, 1.82) is 0 Å². The molecule has 8 nitrogen and oxygen atoms in total. The van der Waals surface area contributed by atoms with Crippen LogP contribution in [0, 0.1) is 0 Å². The van der Waals surface area contributed by atoms with Crippen LogP contribution in [-0.4, -0.2) is 46.5 Å². The summed E-state index contributed by atoms with van der Waals surface area (Å²) in [4.78, 5) is 8.63. The second-order valence-corrected chi connectivity index (χ2v) is 6.58. The molecule has 150 valence electrons. The van der Waals surface area contributed by atoms with Crippen LogP contribution in [0.2, 0.25) is 0 Å². The van der Waals surface area contributed by atoms with E-state index in [-0.39, 0.29) is 6.10 Å². The Hall–Kier alpha value is -3.55. The molecule has 1 aliphatic heterocycles. The minimum Gasteiger partial charge on any atom is -0.486 e. The molecule has 1 aliphatic rings. The maximum absolute atomic E-state index is 5.99. The third-order valence-corrected chi connectivity index (χ3v) is 4.45. The summed E-state index contributed by atoms with van der Waals surface area (Å²) in [6, 6.07) is 15.8. The van der Waals surface area contributed by atoms with Gasteiger partial charge in [0.2, 0.25) is 0 Å². The van der Waals surface area contributed by atoms with Gasteiger partial charge in [-0.3, -0.25) is 0 Å². The highest BCUT2D eigenvalue weighted by molar-refractivity contribution is 5.79. The molecular weight excluding hydrogens is 368 g/mol. The highest BCUT2D eigenvalue weighted by Gasteiger charge is 2.20. The number of hydrogen-bond donors (Lipinski definition) is 2. The van der Waals surface area contributed by atoms with Gasteiger partial charge in [0.15, 0.2) is 17.5 Å². The zero-order valence-electron chi connectivity index (χ0n) is 16.3. The van der Waals surface area contributed by atoms with Gasteiger partial charge in [-0.05, 0) is 36.8 Å². The van der Waals surface area contributed by atoms with E-state index in [1.807, 2.05) is 55.5 Å². The lowest BCUT2D eigenvalue weighted by Gasteiger charge is -2.27. The normalized spacial score (nSPS) is 15.8. The molecule has 3 aromatic rings. The Balaban J connectivity index is 1.33. The number of aromatic nitrogens is 3. The zero-order chi connectivity index (χ0) is 19.9. The third-order valence-electron chi connectivity index (χ3n) is 4.45. The minimum atomic E-state index is -0.0734. The van der Waals surface area contributed by atoms with E-state index in [0.29, 0.717) is 19.7 Å². The number of para-hydroxylation sites is 2. The van der Waals surface area contributed by atoms with Crippen molar-refractivity contribution in [3.05, 3.63) is 66.7 Å². The van der Waals surface area contributed by atoms with Crippen LogP contribution >= 0.6 is 0 Å². The van der Waals surface area contributed by atoms with Crippen LogP contribution in [0.3, 0.4) is 0 Å². The first-order valence-corrected chi connectivity index (χ1v) is 9.66. The Kier molecular flexibility index (Phi) is 5.89. The van der Waals surface area contributed by atoms with Crippen LogP contribution in [0.5, 0.6) is 11.5 Å². The van der Waals surface area contributed by atoms with Gasteiger partial charge in [-0.1, -0.05) is 24.3 Å². The molecule has 0 spiro atoms. The number of rotatable bonds is 6. The lowest BCUT2D eigenvalue weighted by atomic mass is 10.2. The fourth-order valence-electron chi connectivity index (χ4n) is 2.98. The van der Waals surface area contributed by atoms with Crippen LogP contribution in [0.4, 0.5) is 0 Å². The lowest BCUT2D eigenvalue weighted by Crippen LogP contribution is -2.45. The summed E-state index contributed by atoms with van der Waals surface area (Å²) in [5, 5.41) is 10.7. The Morgan fingerprint density at radius 3 is 2.72 bits per heavy atom. The van der Waals surface area contributed by atoms with E-state index in [2.05, 4.69) is 25.7 Å². The molecule has 1 atom stereocenters. The van der Waals surface area contributed by atoms with Crippen LogP contribution in [0.1, 0.15) is 12.5 Å². The van der Waals surface area contributed by atoms with Crippen LogP contribution < -0.4 is 20.1 Å². The van der Waals surface area contributed by atoms with Crippen molar-refractivity contribution in [3.8, 4) is 17.2 Å². The van der Waals surface area contributed by atoms with Crippen molar-refractivity contribution in [2.45, 2.75) is 19.6 Å². The number of nitrogens with one attached hydrogen (secondary N) is 2. The first-order chi connectivity index (χ1) is 14.3. The van der Waals surface area contributed by atoms with E-state index in [9.17, 15) is 0 Å². The number of fused-ring (bicyclic) bond motifs is 1. The summed E-state index contributed by atoms with van der Waals surface area (Å²) in [7, 11) is 0. The summed E-state index contributed by atoms with van der Waals surface area (Å²) in [6.45, 7) is 4.50. The van der Waals surface area contributed by atoms with Crippen molar-refractivity contribution >= 4 is 5.96 Å². The molecule has 0 saturated carbocycles. The van der Waals surface area contributed by atoms with Gasteiger partial charge < -0.3 is 20.1 Å².